The van der Waals surface area contributed by atoms with Gasteiger partial charge in [-0.2, -0.15) is 0 Å². The van der Waals surface area contributed by atoms with E-state index >= 15 is 0 Å². The van der Waals surface area contributed by atoms with Crippen molar-refractivity contribution in [1.82, 2.24) is 9.97 Å². The summed E-state index contributed by atoms with van der Waals surface area (Å²) in [6, 6.07) is 7.63. The van der Waals surface area contributed by atoms with Crippen molar-refractivity contribution in [2.45, 2.75) is 6.61 Å². The molecule has 9 heteroatoms. The minimum Gasteiger partial charge on any atom is -0.454 e. The molecule has 23 heavy (non-hydrogen) atoms. The fraction of sp³-hybridized carbons (Fsp3) is 0.0714. The SMILES string of the molecule is Nc1c(Cl)c(Cl)nc(C(=O)OCc2nc3ccccc3s2)c1Cl. The molecule has 2 N–H and O–H groups in total. The van der Waals surface area contributed by atoms with Crippen molar-refractivity contribution in [3.8, 4) is 0 Å². The second kappa shape index (κ2) is 6.49. The van der Waals surface area contributed by atoms with Gasteiger partial charge in [0.1, 0.15) is 16.6 Å². The number of nitrogens with two attached hydrogens (primary N) is 1. The predicted molar refractivity (Wildman–Crippen MR) is 92.4 cm³/mol. The molecule has 0 atom stereocenters. The molecule has 5 nitrogen and oxygen atoms in total. The van der Waals surface area contributed by atoms with E-state index in [0.29, 0.717) is 5.01 Å². The van der Waals surface area contributed by atoms with Crippen molar-refractivity contribution in [2.75, 3.05) is 5.73 Å². The summed E-state index contributed by atoms with van der Waals surface area (Å²) in [4.78, 5) is 20.3. The van der Waals surface area contributed by atoms with Gasteiger partial charge in [0, 0.05) is 0 Å². The summed E-state index contributed by atoms with van der Waals surface area (Å²) in [6.07, 6.45) is 0. The van der Waals surface area contributed by atoms with Crippen molar-refractivity contribution in [3.05, 3.63) is 50.2 Å². The maximum Gasteiger partial charge on any atom is 0.359 e. The maximum atomic E-state index is 12.1. The molecule has 2 aromatic heterocycles. The third-order valence-electron chi connectivity index (χ3n) is 2.93. The Hall–Kier alpha value is -1.60. The summed E-state index contributed by atoms with van der Waals surface area (Å²) >= 11 is 19.0. The third-order valence-corrected chi connectivity index (χ3v) is 5.08. The van der Waals surface area contributed by atoms with Crippen LogP contribution in [0.15, 0.2) is 24.3 Å². The van der Waals surface area contributed by atoms with Crippen LogP contribution >= 0.6 is 46.1 Å². The Kier molecular flexibility index (Phi) is 4.59. The maximum absolute atomic E-state index is 12.1. The van der Waals surface area contributed by atoms with E-state index in [4.69, 9.17) is 45.3 Å². The van der Waals surface area contributed by atoms with Gasteiger partial charge in [-0.3, -0.25) is 0 Å². The molecular weight excluding hydrogens is 381 g/mol. The van der Waals surface area contributed by atoms with Crippen LogP contribution in [0.2, 0.25) is 15.2 Å². The van der Waals surface area contributed by atoms with Crippen LogP contribution < -0.4 is 5.73 Å². The molecule has 0 unspecified atom stereocenters. The molecule has 0 spiro atoms. The molecule has 0 radical (unpaired) electrons. The highest BCUT2D eigenvalue weighted by molar-refractivity contribution is 7.18. The van der Waals surface area contributed by atoms with E-state index in [-0.39, 0.29) is 33.2 Å². The average molecular weight is 389 g/mol. The summed E-state index contributed by atoms with van der Waals surface area (Å²) in [5.74, 6) is -0.750. The molecule has 0 fully saturated rings. The Morgan fingerprint density at radius 3 is 2.65 bits per heavy atom. The zero-order chi connectivity index (χ0) is 16.6. The lowest BCUT2D eigenvalue weighted by Crippen LogP contribution is -2.10. The fourth-order valence-electron chi connectivity index (χ4n) is 1.84. The zero-order valence-electron chi connectivity index (χ0n) is 11.3. The first-order valence-corrected chi connectivity index (χ1v) is 8.24. The van der Waals surface area contributed by atoms with Crippen LogP contribution in [0.1, 0.15) is 15.5 Å². The molecule has 1 aromatic carbocycles. The van der Waals surface area contributed by atoms with Gasteiger partial charge in [-0.15, -0.1) is 11.3 Å². The van der Waals surface area contributed by atoms with Crippen LogP contribution in [0, 0.1) is 0 Å². The highest BCUT2D eigenvalue weighted by Crippen LogP contribution is 2.34. The number of pyridine rings is 1. The molecule has 0 aliphatic carbocycles. The van der Waals surface area contributed by atoms with E-state index in [1.165, 1.54) is 11.3 Å². The van der Waals surface area contributed by atoms with Gasteiger partial charge < -0.3 is 10.5 Å². The van der Waals surface area contributed by atoms with Crippen molar-refractivity contribution in [2.24, 2.45) is 0 Å². The predicted octanol–water partition coefficient (Wildman–Crippen LogP) is 4.59. The second-order valence-electron chi connectivity index (χ2n) is 4.44. The number of hydrogen-bond donors (Lipinski definition) is 1. The molecule has 0 saturated heterocycles. The van der Waals surface area contributed by atoms with Gasteiger partial charge in [0.05, 0.1) is 20.9 Å². The number of anilines is 1. The van der Waals surface area contributed by atoms with Gasteiger partial charge in [0.2, 0.25) is 0 Å². The number of aromatic nitrogens is 2. The average Bonchev–Trinajstić information content (AvgIpc) is 2.97. The number of rotatable bonds is 3. The number of fused-ring (bicyclic) bond motifs is 1. The quantitative estimate of drug-likeness (QED) is 0.524. The van der Waals surface area contributed by atoms with Crippen molar-refractivity contribution < 1.29 is 9.53 Å². The van der Waals surface area contributed by atoms with E-state index in [9.17, 15) is 4.79 Å². The van der Waals surface area contributed by atoms with Crippen LogP contribution in [-0.2, 0) is 11.3 Å². The monoisotopic (exact) mass is 387 g/mol. The van der Waals surface area contributed by atoms with E-state index in [0.717, 1.165) is 10.2 Å². The second-order valence-corrected chi connectivity index (χ2v) is 6.67. The number of carbonyl (C=O) groups excluding carboxylic acids is 1. The molecule has 2 heterocycles. The van der Waals surface area contributed by atoms with Gasteiger partial charge >= 0.3 is 5.97 Å². The third kappa shape index (κ3) is 3.21. The van der Waals surface area contributed by atoms with E-state index in [1.54, 1.807) is 0 Å². The van der Waals surface area contributed by atoms with Gasteiger partial charge in [-0.25, -0.2) is 14.8 Å². The molecule has 0 aliphatic rings. The van der Waals surface area contributed by atoms with Crippen molar-refractivity contribution in [3.63, 3.8) is 0 Å². The molecule has 118 valence electrons. The number of thiazole rings is 1. The Morgan fingerprint density at radius 2 is 1.91 bits per heavy atom. The van der Waals surface area contributed by atoms with E-state index in [1.807, 2.05) is 24.3 Å². The smallest absolute Gasteiger partial charge is 0.359 e. The molecule has 0 amide bonds. The van der Waals surface area contributed by atoms with Crippen LogP contribution in [-0.4, -0.2) is 15.9 Å². The molecular formula is C14H8Cl3N3O2S. The summed E-state index contributed by atoms with van der Waals surface area (Å²) in [6.45, 7) is -0.00363. The molecule has 0 saturated carbocycles. The number of halogens is 3. The highest BCUT2D eigenvalue weighted by Gasteiger charge is 2.21. The number of esters is 1. The largest absolute Gasteiger partial charge is 0.454 e. The Labute approximate surface area is 150 Å². The summed E-state index contributed by atoms with van der Waals surface area (Å²) in [5, 5.41) is 0.456. The number of carbonyl (C=O) groups is 1. The summed E-state index contributed by atoms with van der Waals surface area (Å²) in [7, 11) is 0. The lowest BCUT2D eigenvalue weighted by atomic mass is 10.3. The van der Waals surface area contributed by atoms with Gasteiger partial charge in [0.25, 0.3) is 0 Å². The number of ether oxygens (including phenoxy) is 1. The van der Waals surface area contributed by atoms with Gasteiger partial charge in [-0.1, -0.05) is 46.9 Å². The topological polar surface area (TPSA) is 78.1 Å². The first kappa shape index (κ1) is 16.3. The van der Waals surface area contributed by atoms with E-state index < -0.39 is 5.97 Å². The summed E-state index contributed by atoms with van der Waals surface area (Å²) in [5.41, 5.74) is 6.32. The van der Waals surface area contributed by atoms with Crippen LogP contribution in [0.5, 0.6) is 0 Å². The first-order chi connectivity index (χ1) is 11.0. The molecule has 0 bridgehead atoms. The molecule has 0 aliphatic heterocycles. The number of benzene rings is 1. The molecule has 3 rings (SSSR count). The molecule has 3 aromatic rings. The summed E-state index contributed by atoms with van der Waals surface area (Å²) < 4.78 is 6.19. The number of nitrogens with zero attached hydrogens (tertiary/aromatic N) is 2. The van der Waals surface area contributed by atoms with Gasteiger partial charge in [0.15, 0.2) is 10.8 Å². The normalized spacial score (nSPS) is 10.9. The number of hydrogen-bond acceptors (Lipinski definition) is 6. The highest BCUT2D eigenvalue weighted by atomic mass is 35.5. The first-order valence-electron chi connectivity index (χ1n) is 6.29. The number of para-hydroxylation sites is 1. The van der Waals surface area contributed by atoms with Crippen LogP contribution in [0.3, 0.4) is 0 Å². The Morgan fingerprint density at radius 1 is 1.17 bits per heavy atom. The zero-order valence-corrected chi connectivity index (χ0v) is 14.4. The minimum atomic E-state index is -0.750. The lowest BCUT2D eigenvalue weighted by molar-refractivity contribution is 0.0466. The van der Waals surface area contributed by atoms with Crippen LogP contribution in [0.25, 0.3) is 10.2 Å². The standard InChI is InChI=1S/C14H8Cl3N3O2S/c15-9-11(18)10(16)13(17)20-12(9)14(21)22-5-8-19-6-3-1-2-4-7(6)23-8/h1-4H,5H2,(H2,18,20). The van der Waals surface area contributed by atoms with Crippen molar-refractivity contribution in [1.29, 1.82) is 0 Å². The van der Waals surface area contributed by atoms with Gasteiger partial charge in [-0.05, 0) is 12.1 Å². The fourth-order valence-corrected chi connectivity index (χ4v) is 3.31. The van der Waals surface area contributed by atoms with E-state index in [2.05, 4.69) is 9.97 Å². The van der Waals surface area contributed by atoms with Crippen LogP contribution in [0.4, 0.5) is 5.69 Å². The minimum absolute atomic E-state index is 0.000565. The lowest BCUT2D eigenvalue weighted by Gasteiger charge is -2.08. The Bertz CT molecular complexity index is 881. The Balaban J connectivity index is 1.79. The van der Waals surface area contributed by atoms with Crippen molar-refractivity contribution >= 4 is 68.0 Å². The number of nitrogen functional groups attached to an aromatic ring is 1.